The maximum absolute atomic E-state index is 5.87. The molecule has 0 spiro atoms. The number of aromatic amines is 1. The van der Waals surface area contributed by atoms with Crippen molar-refractivity contribution in [1.29, 1.82) is 0 Å². The molecule has 160 valence electrons. The predicted molar refractivity (Wildman–Crippen MR) is 117 cm³/mol. The molecular weight excluding hydrogens is 394 g/mol. The highest BCUT2D eigenvalue weighted by Gasteiger charge is 2.23. The molecule has 0 saturated carbocycles. The number of anilines is 2. The van der Waals surface area contributed by atoms with Gasteiger partial charge in [-0.1, -0.05) is 40.9 Å². The Kier molecular flexibility index (Phi) is 6.96. The molecule has 9 heteroatoms. The van der Waals surface area contributed by atoms with Crippen LogP contribution < -0.4 is 20.0 Å². The summed E-state index contributed by atoms with van der Waals surface area (Å²) in [7, 11) is 0. The van der Waals surface area contributed by atoms with Crippen LogP contribution in [-0.4, -0.2) is 54.1 Å². The van der Waals surface area contributed by atoms with Gasteiger partial charge >= 0.3 is 17.9 Å². The SMILES string of the molecule is Cc1cccc(/C=N/Nc2nc(OCCc3ccccn3)[nH+]c(N3CCOCC3)n2)c1. The van der Waals surface area contributed by atoms with Gasteiger partial charge in [0.1, 0.15) is 0 Å². The van der Waals surface area contributed by atoms with Crippen molar-refractivity contribution in [3.8, 4) is 6.01 Å². The molecule has 0 bridgehead atoms. The van der Waals surface area contributed by atoms with Gasteiger partial charge in [0.15, 0.2) is 0 Å². The van der Waals surface area contributed by atoms with Gasteiger partial charge in [0.25, 0.3) is 0 Å². The van der Waals surface area contributed by atoms with Crippen LogP contribution in [-0.2, 0) is 11.2 Å². The van der Waals surface area contributed by atoms with Crippen LogP contribution in [0, 0.1) is 6.92 Å². The lowest BCUT2D eigenvalue weighted by Gasteiger charge is -2.22. The molecular formula is C22H26N7O2+. The average molecular weight is 420 g/mol. The van der Waals surface area contributed by atoms with E-state index in [-0.39, 0.29) is 0 Å². The van der Waals surface area contributed by atoms with E-state index in [4.69, 9.17) is 9.47 Å². The molecule has 31 heavy (non-hydrogen) atoms. The van der Waals surface area contributed by atoms with Gasteiger partial charge in [-0.25, -0.2) is 10.4 Å². The van der Waals surface area contributed by atoms with Crippen molar-refractivity contribution < 1.29 is 14.5 Å². The van der Waals surface area contributed by atoms with E-state index >= 15 is 0 Å². The van der Waals surface area contributed by atoms with Gasteiger partial charge in [-0.3, -0.25) is 9.88 Å². The molecule has 1 saturated heterocycles. The molecule has 0 aliphatic carbocycles. The zero-order chi connectivity index (χ0) is 21.3. The van der Waals surface area contributed by atoms with E-state index in [1.54, 1.807) is 12.4 Å². The van der Waals surface area contributed by atoms with E-state index in [0.717, 1.165) is 24.3 Å². The number of aryl methyl sites for hydroxylation is 1. The van der Waals surface area contributed by atoms with Gasteiger partial charge in [-0.05, 0) is 29.6 Å². The highest BCUT2D eigenvalue weighted by atomic mass is 16.5. The maximum atomic E-state index is 5.87. The van der Waals surface area contributed by atoms with Crippen molar-refractivity contribution in [2.45, 2.75) is 13.3 Å². The van der Waals surface area contributed by atoms with Crippen LogP contribution in [0.25, 0.3) is 0 Å². The minimum atomic E-state index is 0.358. The number of morpholine rings is 1. The fraction of sp³-hybridized carbons (Fsp3) is 0.318. The summed E-state index contributed by atoms with van der Waals surface area (Å²) in [4.78, 5) is 18.6. The van der Waals surface area contributed by atoms with Gasteiger partial charge < -0.3 is 9.47 Å². The van der Waals surface area contributed by atoms with Crippen molar-refractivity contribution in [2.75, 3.05) is 43.2 Å². The molecule has 3 aromatic rings. The van der Waals surface area contributed by atoms with Gasteiger partial charge in [0.2, 0.25) is 0 Å². The number of pyridine rings is 1. The standard InChI is InChI=1S/C22H25N7O2/c1-17-5-4-6-18(15-17)16-24-28-20-25-21(29-10-13-30-14-11-29)27-22(26-20)31-12-8-19-7-2-3-9-23-19/h2-7,9,15-16H,8,10-14H2,1H3,(H,25,26,27,28)/p+1/b24-16+. The number of aromatic nitrogens is 4. The lowest BCUT2D eigenvalue weighted by molar-refractivity contribution is -0.390. The number of nitrogens with zero attached hydrogens (tertiary/aromatic N) is 5. The zero-order valence-electron chi connectivity index (χ0n) is 17.5. The average Bonchev–Trinajstić information content (AvgIpc) is 2.80. The van der Waals surface area contributed by atoms with E-state index < -0.39 is 0 Å². The molecule has 1 fully saturated rings. The molecule has 1 aromatic carbocycles. The van der Waals surface area contributed by atoms with Gasteiger partial charge in [-0.2, -0.15) is 5.10 Å². The second-order valence-electron chi connectivity index (χ2n) is 7.10. The number of hydrogen-bond acceptors (Lipinski definition) is 8. The lowest BCUT2D eigenvalue weighted by Crippen LogP contribution is -2.40. The van der Waals surface area contributed by atoms with Crippen LogP contribution in [0.4, 0.5) is 11.9 Å². The zero-order valence-corrected chi connectivity index (χ0v) is 17.5. The van der Waals surface area contributed by atoms with Crippen molar-refractivity contribution in [3.05, 3.63) is 65.5 Å². The largest absolute Gasteiger partial charge is 0.446 e. The minimum Gasteiger partial charge on any atom is -0.446 e. The molecule has 1 aliphatic heterocycles. The number of ether oxygens (including phenoxy) is 2. The van der Waals surface area contributed by atoms with Gasteiger partial charge in [-0.15, -0.1) is 0 Å². The Balaban J connectivity index is 1.46. The third-order valence-corrected chi connectivity index (χ3v) is 4.69. The number of rotatable bonds is 8. The first-order chi connectivity index (χ1) is 15.3. The van der Waals surface area contributed by atoms with Crippen LogP contribution in [0.5, 0.6) is 6.01 Å². The molecule has 2 aromatic heterocycles. The molecule has 1 aliphatic rings. The molecule has 0 unspecified atom stereocenters. The van der Waals surface area contributed by atoms with Gasteiger partial charge in [0.05, 0.1) is 39.1 Å². The van der Waals surface area contributed by atoms with E-state index in [9.17, 15) is 0 Å². The Morgan fingerprint density at radius 1 is 1.19 bits per heavy atom. The summed E-state index contributed by atoms with van der Waals surface area (Å²) in [5, 5.41) is 4.29. The van der Waals surface area contributed by atoms with Crippen LogP contribution >= 0.6 is 0 Å². The summed E-state index contributed by atoms with van der Waals surface area (Å²) in [6.45, 7) is 5.28. The first-order valence-electron chi connectivity index (χ1n) is 10.3. The van der Waals surface area contributed by atoms with Gasteiger partial charge in [0, 0.05) is 18.3 Å². The number of benzene rings is 1. The minimum absolute atomic E-state index is 0.358. The summed E-state index contributed by atoms with van der Waals surface area (Å²) in [5.74, 6) is 1.02. The second-order valence-corrected chi connectivity index (χ2v) is 7.10. The van der Waals surface area contributed by atoms with Crippen LogP contribution in [0.15, 0.2) is 53.8 Å². The second kappa shape index (κ2) is 10.4. The Labute approximate surface area is 181 Å². The molecule has 0 amide bonds. The number of H-pyrrole nitrogens is 1. The first-order valence-corrected chi connectivity index (χ1v) is 10.3. The summed E-state index contributed by atoms with van der Waals surface area (Å²) in [6.07, 6.45) is 4.19. The van der Waals surface area contributed by atoms with E-state index in [1.165, 1.54) is 5.56 Å². The number of hydrogen-bond donors (Lipinski definition) is 1. The molecule has 4 rings (SSSR count). The lowest BCUT2D eigenvalue weighted by atomic mass is 10.2. The Morgan fingerprint density at radius 2 is 2.10 bits per heavy atom. The highest BCUT2D eigenvalue weighted by Crippen LogP contribution is 2.12. The van der Waals surface area contributed by atoms with Crippen LogP contribution in [0.1, 0.15) is 16.8 Å². The topological polar surface area (TPSA) is 98.9 Å². The molecule has 0 radical (unpaired) electrons. The fourth-order valence-electron chi connectivity index (χ4n) is 3.13. The molecule has 3 heterocycles. The summed E-state index contributed by atoms with van der Waals surface area (Å²) in [6, 6.07) is 14.3. The molecule has 2 N–H and O–H groups in total. The number of hydrazone groups is 1. The first kappa shape index (κ1) is 20.7. The smallest absolute Gasteiger partial charge is 0.404 e. The van der Waals surface area contributed by atoms with Crippen molar-refractivity contribution in [1.82, 2.24) is 15.0 Å². The van der Waals surface area contributed by atoms with Crippen LogP contribution in [0.3, 0.4) is 0 Å². The summed E-state index contributed by atoms with van der Waals surface area (Å²) >= 11 is 0. The Hall–Kier alpha value is -3.59. The Morgan fingerprint density at radius 3 is 2.90 bits per heavy atom. The normalized spacial score (nSPS) is 14.0. The van der Waals surface area contributed by atoms with Crippen molar-refractivity contribution in [2.24, 2.45) is 5.10 Å². The number of nitrogens with one attached hydrogen (secondary N) is 2. The quantitative estimate of drug-likeness (QED) is 0.439. The fourth-order valence-corrected chi connectivity index (χ4v) is 3.13. The molecule has 9 nitrogen and oxygen atoms in total. The third kappa shape index (κ3) is 6.19. The van der Waals surface area contributed by atoms with Crippen molar-refractivity contribution >= 4 is 18.1 Å². The maximum Gasteiger partial charge on any atom is 0.404 e. The van der Waals surface area contributed by atoms with E-state index in [2.05, 4.69) is 41.4 Å². The predicted octanol–water partition coefficient (Wildman–Crippen LogP) is 1.90. The monoisotopic (exact) mass is 420 g/mol. The molecule has 0 atom stereocenters. The Bertz CT molecular complexity index is 1010. The van der Waals surface area contributed by atoms with Crippen molar-refractivity contribution in [3.63, 3.8) is 0 Å². The van der Waals surface area contributed by atoms with E-state index in [0.29, 0.717) is 44.1 Å². The summed E-state index contributed by atoms with van der Waals surface area (Å²) < 4.78 is 11.3. The highest BCUT2D eigenvalue weighted by molar-refractivity contribution is 5.80. The summed E-state index contributed by atoms with van der Waals surface area (Å²) in [5.41, 5.74) is 6.05. The van der Waals surface area contributed by atoms with E-state index in [1.807, 2.05) is 43.3 Å². The van der Waals surface area contributed by atoms with Crippen LogP contribution in [0.2, 0.25) is 0 Å². The third-order valence-electron chi connectivity index (χ3n) is 4.69.